The predicted molar refractivity (Wildman–Crippen MR) is 74.8 cm³/mol. The molecule has 0 spiro atoms. The summed E-state index contributed by atoms with van der Waals surface area (Å²) in [6.45, 7) is 0.618. The third kappa shape index (κ3) is 2.76. The predicted octanol–water partition coefficient (Wildman–Crippen LogP) is 2.94. The minimum Gasteiger partial charge on any atom is -0.478 e. The summed E-state index contributed by atoms with van der Waals surface area (Å²) in [5, 5.41) is 13.5. The fourth-order valence-electron chi connectivity index (χ4n) is 2.86. The molecule has 2 heterocycles. The molecular weight excluding hydrogens is 254 g/mol. The molecule has 3 rings (SSSR count). The van der Waals surface area contributed by atoms with E-state index < -0.39 is 5.97 Å². The van der Waals surface area contributed by atoms with Crippen LogP contribution < -0.4 is 0 Å². The van der Waals surface area contributed by atoms with Crippen molar-refractivity contribution in [2.75, 3.05) is 0 Å². The van der Waals surface area contributed by atoms with E-state index in [9.17, 15) is 4.79 Å². The Bertz CT molecular complexity index is 594. The minimum absolute atomic E-state index is 0.316. The summed E-state index contributed by atoms with van der Waals surface area (Å²) in [4.78, 5) is 10.8. The average molecular weight is 273 g/mol. The molecule has 1 N–H and O–H groups in total. The van der Waals surface area contributed by atoms with Gasteiger partial charge in [-0.05, 0) is 25.0 Å². The van der Waals surface area contributed by atoms with Gasteiger partial charge in [-0.2, -0.15) is 5.10 Å². The Morgan fingerprint density at radius 3 is 2.75 bits per heavy atom. The molecule has 5 heteroatoms. The van der Waals surface area contributed by atoms with Gasteiger partial charge in [0.2, 0.25) is 0 Å². The first-order chi connectivity index (χ1) is 9.72. The second-order valence-electron chi connectivity index (χ2n) is 5.46. The van der Waals surface area contributed by atoms with Gasteiger partial charge in [0.25, 0.3) is 0 Å². The van der Waals surface area contributed by atoms with E-state index in [0.717, 1.165) is 5.69 Å². The van der Waals surface area contributed by atoms with Gasteiger partial charge >= 0.3 is 5.97 Å². The van der Waals surface area contributed by atoms with Crippen molar-refractivity contribution in [1.29, 1.82) is 0 Å². The van der Waals surface area contributed by atoms with Gasteiger partial charge in [0.05, 0.1) is 23.8 Å². The molecule has 1 saturated carbocycles. The molecule has 0 saturated heterocycles. The Morgan fingerprint density at radius 2 is 2.05 bits per heavy atom. The smallest absolute Gasteiger partial charge is 0.337 e. The fourth-order valence-corrected chi connectivity index (χ4v) is 2.86. The van der Waals surface area contributed by atoms with Crippen LogP contribution in [-0.4, -0.2) is 25.4 Å². The molecule has 0 radical (unpaired) electrons. The number of hydrogen-bond acceptors (Lipinski definition) is 2. The second kappa shape index (κ2) is 5.53. The van der Waals surface area contributed by atoms with Crippen LogP contribution in [0.15, 0.2) is 30.7 Å². The number of carboxylic acids is 1. The van der Waals surface area contributed by atoms with E-state index >= 15 is 0 Å². The molecule has 0 amide bonds. The zero-order valence-electron chi connectivity index (χ0n) is 11.4. The van der Waals surface area contributed by atoms with Crippen molar-refractivity contribution in [1.82, 2.24) is 14.3 Å². The highest BCUT2D eigenvalue weighted by Gasteiger charge is 2.16. The lowest BCUT2D eigenvalue weighted by atomic mass is 9.96. The van der Waals surface area contributed by atoms with Crippen molar-refractivity contribution in [3.63, 3.8) is 0 Å². The van der Waals surface area contributed by atoms with Crippen LogP contribution in [0.4, 0.5) is 0 Å². The lowest BCUT2D eigenvalue weighted by molar-refractivity contribution is 0.0697. The van der Waals surface area contributed by atoms with Crippen molar-refractivity contribution in [2.24, 2.45) is 0 Å². The lowest BCUT2D eigenvalue weighted by Crippen LogP contribution is -2.13. The quantitative estimate of drug-likeness (QED) is 0.931. The minimum atomic E-state index is -0.892. The number of hydrogen-bond donors (Lipinski definition) is 1. The Balaban J connectivity index is 1.68. The van der Waals surface area contributed by atoms with Gasteiger partial charge in [-0.25, -0.2) is 4.79 Å². The highest BCUT2D eigenvalue weighted by Crippen LogP contribution is 2.27. The SMILES string of the molecule is O=C(O)c1ccn(Cc2ccn(C3CCCCC3)n2)c1. The maximum Gasteiger partial charge on any atom is 0.337 e. The first-order valence-corrected chi connectivity index (χ1v) is 7.15. The first-order valence-electron chi connectivity index (χ1n) is 7.15. The van der Waals surface area contributed by atoms with Crippen molar-refractivity contribution in [3.8, 4) is 0 Å². The summed E-state index contributed by atoms with van der Waals surface area (Å²) in [6, 6.07) is 4.17. The molecule has 0 unspecified atom stereocenters. The van der Waals surface area contributed by atoms with Gasteiger partial charge < -0.3 is 9.67 Å². The summed E-state index contributed by atoms with van der Waals surface area (Å²) < 4.78 is 3.94. The van der Waals surface area contributed by atoms with E-state index in [2.05, 4.69) is 9.78 Å². The summed E-state index contributed by atoms with van der Waals surface area (Å²) in [5.41, 5.74) is 1.29. The summed E-state index contributed by atoms with van der Waals surface area (Å²) in [6.07, 6.45) is 11.8. The molecule has 5 nitrogen and oxygen atoms in total. The lowest BCUT2D eigenvalue weighted by Gasteiger charge is -2.21. The summed E-state index contributed by atoms with van der Waals surface area (Å²) >= 11 is 0. The molecule has 0 aliphatic heterocycles. The van der Waals surface area contributed by atoms with Gasteiger partial charge in [-0.3, -0.25) is 4.68 Å². The number of aromatic carboxylic acids is 1. The van der Waals surface area contributed by atoms with Gasteiger partial charge in [0.1, 0.15) is 0 Å². The number of nitrogens with zero attached hydrogens (tertiary/aromatic N) is 3. The Labute approximate surface area is 117 Å². The van der Waals surface area contributed by atoms with Crippen LogP contribution in [0.2, 0.25) is 0 Å². The van der Waals surface area contributed by atoms with Crippen LogP contribution in [0, 0.1) is 0 Å². The van der Waals surface area contributed by atoms with E-state index in [1.54, 1.807) is 18.5 Å². The van der Waals surface area contributed by atoms with Gasteiger partial charge in [0.15, 0.2) is 0 Å². The second-order valence-corrected chi connectivity index (χ2v) is 5.46. The molecule has 2 aromatic heterocycles. The largest absolute Gasteiger partial charge is 0.478 e. The molecule has 2 aromatic rings. The highest BCUT2D eigenvalue weighted by molar-refractivity contribution is 5.87. The van der Waals surface area contributed by atoms with Crippen LogP contribution >= 0.6 is 0 Å². The van der Waals surface area contributed by atoms with Crippen molar-refractivity contribution in [2.45, 2.75) is 44.7 Å². The Hall–Kier alpha value is -2.04. The first kappa shape index (κ1) is 13.0. The van der Waals surface area contributed by atoms with Crippen molar-refractivity contribution in [3.05, 3.63) is 42.0 Å². The van der Waals surface area contributed by atoms with Gasteiger partial charge in [0, 0.05) is 18.6 Å². The fraction of sp³-hybridized carbons (Fsp3) is 0.467. The molecule has 1 aliphatic rings. The molecule has 1 fully saturated rings. The zero-order valence-corrected chi connectivity index (χ0v) is 11.4. The third-order valence-electron chi connectivity index (χ3n) is 3.95. The van der Waals surface area contributed by atoms with Gasteiger partial charge in [-0.15, -0.1) is 0 Å². The molecule has 0 aromatic carbocycles. The molecule has 0 atom stereocenters. The Morgan fingerprint density at radius 1 is 1.25 bits per heavy atom. The maximum absolute atomic E-state index is 10.8. The monoisotopic (exact) mass is 273 g/mol. The van der Waals surface area contributed by atoms with E-state index in [0.29, 0.717) is 18.2 Å². The molecular formula is C15H19N3O2. The Kier molecular flexibility index (Phi) is 3.58. The molecule has 20 heavy (non-hydrogen) atoms. The highest BCUT2D eigenvalue weighted by atomic mass is 16.4. The summed E-state index contributed by atoms with van der Waals surface area (Å²) in [7, 11) is 0. The van der Waals surface area contributed by atoms with Crippen LogP contribution in [-0.2, 0) is 6.54 Å². The van der Waals surface area contributed by atoms with E-state index in [1.165, 1.54) is 32.1 Å². The van der Waals surface area contributed by atoms with Crippen molar-refractivity contribution < 1.29 is 9.90 Å². The number of aromatic nitrogens is 3. The molecule has 106 valence electrons. The number of carboxylic acid groups (broad SMARTS) is 1. The van der Waals surface area contributed by atoms with Crippen LogP contribution in [0.5, 0.6) is 0 Å². The van der Waals surface area contributed by atoms with Crippen LogP contribution in [0.1, 0.15) is 54.2 Å². The number of carbonyl (C=O) groups is 1. The molecule has 0 bridgehead atoms. The van der Waals surface area contributed by atoms with Crippen molar-refractivity contribution >= 4 is 5.97 Å². The summed E-state index contributed by atoms with van der Waals surface area (Å²) in [5.74, 6) is -0.892. The topological polar surface area (TPSA) is 60.0 Å². The molecule has 1 aliphatic carbocycles. The van der Waals surface area contributed by atoms with E-state index in [1.807, 2.05) is 16.8 Å². The van der Waals surface area contributed by atoms with Crippen LogP contribution in [0.25, 0.3) is 0 Å². The normalized spacial score (nSPS) is 16.4. The van der Waals surface area contributed by atoms with Gasteiger partial charge in [-0.1, -0.05) is 19.3 Å². The number of rotatable bonds is 4. The van der Waals surface area contributed by atoms with E-state index in [4.69, 9.17) is 5.11 Å². The average Bonchev–Trinajstić information content (AvgIpc) is 3.10. The third-order valence-corrected chi connectivity index (χ3v) is 3.95. The zero-order chi connectivity index (χ0) is 13.9. The standard InChI is InChI=1S/C15H19N3O2/c19-15(20)12-6-8-17(10-12)11-13-7-9-18(16-13)14-4-2-1-3-5-14/h6-10,14H,1-5,11H2,(H,19,20). The van der Waals surface area contributed by atoms with E-state index in [-0.39, 0.29) is 0 Å². The maximum atomic E-state index is 10.8. The van der Waals surface area contributed by atoms with Crippen LogP contribution in [0.3, 0.4) is 0 Å².